The van der Waals surface area contributed by atoms with Gasteiger partial charge in [0.05, 0.1) is 6.61 Å². The van der Waals surface area contributed by atoms with Crippen molar-refractivity contribution in [2.45, 2.75) is 38.9 Å². The maximum Gasteiger partial charge on any atom is 0.305 e. The third-order valence-electron chi connectivity index (χ3n) is 1.47. The minimum absolute atomic E-state index is 0.121. The van der Waals surface area contributed by atoms with E-state index in [-0.39, 0.29) is 5.97 Å². The zero-order valence-corrected chi connectivity index (χ0v) is 9.78. The molecule has 72 valence electrons. The van der Waals surface area contributed by atoms with Crippen LogP contribution in [0, 0.1) is 0 Å². The third kappa shape index (κ3) is 8.08. The van der Waals surface area contributed by atoms with Gasteiger partial charge in [0.1, 0.15) is 0 Å². The number of hydrogen-bond donors (Lipinski definition) is 0. The van der Waals surface area contributed by atoms with Gasteiger partial charge in [-0.3, -0.25) is 4.79 Å². The number of rotatable bonds is 5. The molecule has 0 fully saturated rings. The number of esters is 1. The molecule has 0 aliphatic carbocycles. The van der Waals surface area contributed by atoms with Gasteiger partial charge in [0, 0.05) is 6.42 Å². The van der Waals surface area contributed by atoms with E-state index >= 15 is 0 Å². The maximum atomic E-state index is 10.7. The smallest absolute Gasteiger partial charge is 0.305 e. The third-order valence-corrected chi connectivity index (χ3v) is 3.58. The molecule has 12 heavy (non-hydrogen) atoms. The molecule has 0 aliphatic heterocycles. The van der Waals surface area contributed by atoms with E-state index in [0.29, 0.717) is 13.0 Å². The molecule has 2 nitrogen and oxygen atoms in total. The van der Waals surface area contributed by atoms with E-state index in [0.717, 1.165) is 12.5 Å². The molecule has 0 saturated carbocycles. The lowest BCUT2D eigenvalue weighted by Crippen LogP contribution is -2.17. The largest absolute Gasteiger partial charge is 0.466 e. The average Bonchev–Trinajstić information content (AvgIpc) is 1.96. The van der Waals surface area contributed by atoms with Crippen molar-refractivity contribution in [1.29, 1.82) is 0 Å². The molecular weight excluding hydrogens is 192 g/mol. The van der Waals surface area contributed by atoms with Crippen molar-refractivity contribution in [3.8, 4) is 0 Å². The van der Waals surface area contributed by atoms with Crippen molar-refractivity contribution in [3.63, 3.8) is 0 Å². The summed E-state index contributed by atoms with van der Waals surface area (Å²) in [5.74, 6) is -0.121. The van der Waals surface area contributed by atoms with Crippen LogP contribution in [0.4, 0.5) is 0 Å². The first kappa shape index (κ1) is 12.0. The second-order valence-corrected chi connectivity index (χ2v) is 10.4. The van der Waals surface area contributed by atoms with Gasteiger partial charge >= 0.3 is 5.97 Å². The highest BCUT2D eigenvalue weighted by Crippen LogP contribution is 2.15. The van der Waals surface area contributed by atoms with E-state index in [1.165, 1.54) is 0 Å². The Bertz CT molecular complexity index is 142. The van der Waals surface area contributed by atoms with Crippen molar-refractivity contribution in [2.75, 3.05) is 6.61 Å². The highest BCUT2D eigenvalue weighted by Gasteiger charge is 2.15. The second-order valence-electron chi connectivity index (χ2n) is 3.40. The Balaban J connectivity index is 3.28. The Kier molecular flexibility index (Phi) is 5.58. The molecule has 0 spiro atoms. The fraction of sp³-hybridized carbons (Fsp3) is 0.875. The van der Waals surface area contributed by atoms with Crippen LogP contribution in [0.25, 0.3) is 0 Å². The first-order valence-corrected chi connectivity index (χ1v) is 8.52. The van der Waals surface area contributed by atoms with Crippen molar-refractivity contribution < 1.29 is 9.53 Å². The molecule has 0 aromatic rings. The highest BCUT2D eigenvalue weighted by molar-refractivity contribution is 7.19. The Morgan fingerprint density at radius 3 is 2.50 bits per heavy atom. The molecule has 0 aliphatic rings. The van der Waals surface area contributed by atoms with Crippen molar-refractivity contribution in [2.24, 2.45) is 0 Å². The van der Waals surface area contributed by atoms with Gasteiger partial charge < -0.3 is 4.74 Å². The molecule has 4 heteroatoms. The Morgan fingerprint density at radius 2 is 2.08 bits per heavy atom. The summed E-state index contributed by atoms with van der Waals surface area (Å²) in [7, 11) is -1.46. The summed E-state index contributed by atoms with van der Waals surface area (Å²) in [5.41, 5.74) is 0. The molecule has 0 bridgehead atoms. The van der Waals surface area contributed by atoms with E-state index in [9.17, 15) is 4.79 Å². The minimum Gasteiger partial charge on any atom is -0.466 e. The minimum atomic E-state index is -1.46. The van der Waals surface area contributed by atoms with E-state index in [1.807, 2.05) is 0 Å². The topological polar surface area (TPSA) is 26.3 Å². The quantitative estimate of drug-likeness (QED) is 0.301. The number of hydrogen-bond acceptors (Lipinski definition) is 2. The van der Waals surface area contributed by atoms with Crippen LogP contribution in [0.1, 0.15) is 19.8 Å². The standard InChI is InChI=1S/C8H17ClO2Si/c1-4-8(10)11-6-5-7-12(2,3)9/h4-7H2,1-3H3. The van der Waals surface area contributed by atoms with Crippen LogP contribution in [0.5, 0.6) is 0 Å². The summed E-state index contributed by atoms with van der Waals surface area (Å²) >= 11 is 6.08. The van der Waals surface area contributed by atoms with Gasteiger partial charge in [-0.05, 0) is 12.5 Å². The zero-order valence-electron chi connectivity index (χ0n) is 8.02. The summed E-state index contributed by atoms with van der Waals surface area (Å²) in [6, 6.07) is 1.01. The molecule has 0 unspecified atom stereocenters. The molecular formula is C8H17ClO2Si. The lowest BCUT2D eigenvalue weighted by Gasteiger charge is -2.11. The van der Waals surface area contributed by atoms with Gasteiger partial charge in [-0.25, -0.2) is 0 Å². The Hall–Kier alpha value is -0.0231. The van der Waals surface area contributed by atoms with Crippen molar-refractivity contribution in [1.82, 2.24) is 0 Å². The van der Waals surface area contributed by atoms with E-state index < -0.39 is 7.38 Å². The zero-order chi connectivity index (χ0) is 9.61. The summed E-state index contributed by atoms with van der Waals surface area (Å²) in [6.45, 7) is 6.50. The highest BCUT2D eigenvalue weighted by atomic mass is 35.6. The fourth-order valence-electron chi connectivity index (χ4n) is 0.781. The molecule has 0 radical (unpaired) electrons. The van der Waals surface area contributed by atoms with Crippen LogP contribution in [-0.4, -0.2) is 20.0 Å². The summed E-state index contributed by atoms with van der Waals surface area (Å²) in [5, 5.41) is 0. The van der Waals surface area contributed by atoms with Gasteiger partial charge in [-0.2, -0.15) is 11.1 Å². The predicted octanol–water partition coefficient (Wildman–Crippen LogP) is 2.77. The van der Waals surface area contributed by atoms with Gasteiger partial charge in [0.15, 0.2) is 7.38 Å². The number of carbonyl (C=O) groups excluding carboxylic acids is 1. The molecule has 0 amide bonds. The van der Waals surface area contributed by atoms with Crippen LogP contribution in [0.15, 0.2) is 0 Å². The van der Waals surface area contributed by atoms with Gasteiger partial charge in [0.25, 0.3) is 0 Å². The normalized spacial score (nSPS) is 11.3. The summed E-state index contributed by atoms with van der Waals surface area (Å²) in [4.78, 5) is 10.7. The Labute approximate surface area is 80.0 Å². The number of halogens is 1. The predicted molar refractivity (Wildman–Crippen MR) is 54.0 cm³/mol. The van der Waals surface area contributed by atoms with Gasteiger partial charge in [0.2, 0.25) is 0 Å². The molecule has 0 N–H and O–H groups in total. The van der Waals surface area contributed by atoms with Gasteiger partial charge in [-0.1, -0.05) is 20.0 Å². The first-order valence-electron chi connectivity index (χ1n) is 4.30. The van der Waals surface area contributed by atoms with Crippen LogP contribution in [-0.2, 0) is 9.53 Å². The number of ether oxygens (including phenoxy) is 1. The molecule has 0 heterocycles. The SMILES string of the molecule is CCC(=O)OCCC[Si](C)(C)Cl. The molecule has 0 atom stereocenters. The van der Waals surface area contributed by atoms with Crippen molar-refractivity contribution >= 4 is 24.4 Å². The maximum absolute atomic E-state index is 10.7. The first-order chi connectivity index (χ1) is 5.45. The van der Waals surface area contributed by atoms with Crippen LogP contribution >= 0.6 is 11.1 Å². The summed E-state index contributed by atoms with van der Waals surface area (Å²) in [6.07, 6.45) is 1.36. The monoisotopic (exact) mass is 208 g/mol. The van der Waals surface area contributed by atoms with E-state index in [2.05, 4.69) is 13.1 Å². The van der Waals surface area contributed by atoms with Crippen LogP contribution in [0.2, 0.25) is 19.1 Å². The van der Waals surface area contributed by atoms with Crippen LogP contribution < -0.4 is 0 Å². The van der Waals surface area contributed by atoms with Crippen molar-refractivity contribution in [3.05, 3.63) is 0 Å². The van der Waals surface area contributed by atoms with Crippen LogP contribution in [0.3, 0.4) is 0 Å². The van der Waals surface area contributed by atoms with E-state index in [1.54, 1.807) is 6.92 Å². The van der Waals surface area contributed by atoms with Gasteiger partial charge in [-0.15, -0.1) is 0 Å². The fourth-order valence-corrected chi connectivity index (χ4v) is 2.17. The number of carbonyl (C=O) groups is 1. The molecule has 0 saturated heterocycles. The molecule has 0 rings (SSSR count). The summed E-state index contributed by atoms with van der Waals surface area (Å²) < 4.78 is 4.91. The van der Waals surface area contributed by atoms with E-state index in [4.69, 9.17) is 15.8 Å². The Morgan fingerprint density at radius 1 is 1.50 bits per heavy atom. The average molecular weight is 209 g/mol. The lowest BCUT2D eigenvalue weighted by atomic mass is 10.5. The lowest BCUT2D eigenvalue weighted by molar-refractivity contribution is -0.143. The molecule has 0 aromatic carbocycles. The molecule has 0 aromatic heterocycles. The second kappa shape index (κ2) is 5.59.